The number of ether oxygens (including phenoxy) is 1. The molecule has 0 amide bonds. The maximum Gasteiger partial charge on any atom is 0.305 e. The molecule has 0 aromatic carbocycles. The van der Waals surface area contributed by atoms with Gasteiger partial charge in [0.15, 0.2) is 0 Å². The van der Waals surface area contributed by atoms with Crippen molar-refractivity contribution < 1.29 is 14.6 Å². The van der Waals surface area contributed by atoms with E-state index in [4.69, 9.17) is 0 Å². The van der Waals surface area contributed by atoms with Crippen LogP contribution in [0.2, 0.25) is 0 Å². The summed E-state index contributed by atoms with van der Waals surface area (Å²) in [6.45, 7) is 3.90. The second-order valence-electron chi connectivity index (χ2n) is 7.89. The number of carbonyl (C=O) groups excluding carboxylic acids is 1. The predicted octanol–water partition coefficient (Wildman–Crippen LogP) is 4.66. The van der Waals surface area contributed by atoms with Crippen molar-refractivity contribution in [2.45, 2.75) is 71.3 Å². The first-order chi connectivity index (χ1) is 12.5. The number of carbonyl (C=O) groups is 1. The summed E-state index contributed by atoms with van der Waals surface area (Å²) in [5.41, 5.74) is 1.56. The Morgan fingerprint density at radius 1 is 1.38 bits per heavy atom. The minimum atomic E-state index is -0.398. The third kappa shape index (κ3) is 6.02. The topological polar surface area (TPSA) is 46.5 Å². The molecule has 144 valence electrons. The molecule has 0 aliphatic heterocycles. The molecule has 0 bridgehead atoms. The van der Waals surface area contributed by atoms with Gasteiger partial charge in [0.25, 0.3) is 0 Å². The molecule has 0 saturated heterocycles. The van der Waals surface area contributed by atoms with Crippen LogP contribution in [0.25, 0.3) is 0 Å². The Kier molecular flexibility index (Phi) is 8.45. The van der Waals surface area contributed by atoms with Crippen molar-refractivity contribution in [1.29, 1.82) is 0 Å². The molecule has 5 atom stereocenters. The average Bonchev–Trinajstić information content (AvgIpc) is 3.21. The first-order valence-corrected chi connectivity index (χ1v) is 10.1. The van der Waals surface area contributed by atoms with Gasteiger partial charge in [0.1, 0.15) is 0 Å². The van der Waals surface area contributed by atoms with Crippen LogP contribution < -0.4 is 0 Å². The Morgan fingerprint density at radius 2 is 2.19 bits per heavy atom. The van der Waals surface area contributed by atoms with Gasteiger partial charge in [0, 0.05) is 12.8 Å². The van der Waals surface area contributed by atoms with Gasteiger partial charge < -0.3 is 9.84 Å². The van der Waals surface area contributed by atoms with Gasteiger partial charge in [-0.25, -0.2) is 0 Å². The van der Waals surface area contributed by atoms with Gasteiger partial charge in [-0.05, 0) is 69.1 Å². The van der Waals surface area contributed by atoms with E-state index in [1.165, 1.54) is 32.8 Å². The number of unbranched alkanes of at least 4 members (excludes halogenated alkanes) is 1. The van der Waals surface area contributed by atoms with E-state index >= 15 is 0 Å². The number of aliphatic hydroxyl groups is 1. The molecule has 0 spiro atoms. The summed E-state index contributed by atoms with van der Waals surface area (Å²) >= 11 is 0. The Balaban J connectivity index is 1.80. The highest BCUT2D eigenvalue weighted by atomic mass is 16.5. The molecule has 3 heteroatoms. The summed E-state index contributed by atoms with van der Waals surface area (Å²) < 4.78 is 4.69. The Bertz CT molecular complexity index is 578. The van der Waals surface area contributed by atoms with E-state index in [0.29, 0.717) is 12.3 Å². The van der Waals surface area contributed by atoms with E-state index in [9.17, 15) is 9.90 Å². The molecule has 2 saturated carbocycles. The van der Waals surface area contributed by atoms with Gasteiger partial charge in [-0.2, -0.15) is 0 Å². The third-order valence-corrected chi connectivity index (χ3v) is 6.03. The zero-order valence-corrected chi connectivity index (χ0v) is 16.5. The molecule has 1 N–H and O–H groups in total. The third-order valence-electron chi connectivity index (χ3n) is 6.03. The molecule has 1 unspecified atom stereocenters. The minimum absolute atomic E-state index is 0.116. The van der Waals surface area contributed by atoms with E-state index in [2.05, 4.69) is 35.7 Å². The maximum atomic E-state index is 11.2. The fourth-order valence-electron chi connectivity index (χ4n) is 4.37. The lowest BCUT2D eigenvalue weighted by Crippen LogP contribution is -2.15. The molecular weight excluding hydrogens is 324 g/mol. The highest BCUT2D eigenvalue weighted by Crippen LogP contribution is 2.50. The summed E-state index contributed by atoms with van der Waals surface area (Å²) in [6.07, 6.45) is 14.3. The number of fused-ring (bicyclic) bond motifs is 1. The smallest absolute Gasteiger partial charge is 0.305 e. The second-order valence-corrected chi connectivity index (χ2v) is 7.89. The van der Waals surface area contributed by atoms with Crippen LogP contribution in [0, 0.1) is 35.5 Å². The van der Waals surface area contributed by atoms with Crippen LogP contribution in [-0.4, -0.2) is 24.3 Å². The summed E-state index contributed by atoms with van der Waals surface area (Å²) in [5, 5.41) is 10.3. The molecule has 3 nitrogen and oxygen atoms in total. The molecule has 0 heterocycles. The minimum Gasteiger partial charge on any atom is -0.469 e. The van der Waals surface area contributed by atoms with Crippen LogP contribution >= 0.6 is 0 Å². The quantitative estimate of drug-likeness (QED) is 0.297. The van der Waals surface area contributed by atoms with Gasteiger partial charge in [0.05, 0.1) is 13.2 Å². The van der Waals surface area contributed by atoms with E-state index < -0.39 is 6.10 Å². The van der Waals surface area contributed by atoms with Crippen molar-refractivity contribution in [3.63, 3.8) is 0 Å². The lowest BCUT2D eigenvalue weighted by atomic mass is 9.90. The summed E-state index contributed by atoms with van der Waals surface area (Å²) in [6, 6.07) is 0. The molecule has 2 aliphatic carbocycles. The van der Waals surface area contributed by atoms with Crippen molar-refractivity contribution >= 4 is 5.97 Å². The fraction of sp³-hybridized carbons (Fsp3) is 0.696. The second kappa shape index (κ2) is 10.6. The summed E-state index contributed by atoms with van der Waals surface area (Å²) in [4.78, 5) is 11.2. The van der Waals surface area contributed by atoms with Gasteiger partial charge in [-0.15, -0.1) is 11.8 Å². The van der Waals surface area contributed by atoms with Crippen LogP contribution in [0.1, 0.15) is 65.2 Å². The maximum absolute atomic E-state index is 11.2. The van der Waals surface area contributed by atoms with Crippen LogP contribution in [0.4, 0.5) is 0 Å². The van der Waals surface area contributed by atoms with Gasteiger partial charge in [0.2, 0.25) is 0 Å². The van der Waals surface area contributed by atoms with Crippen molar-refractivity contribution in [3.05, 3.63) is 23.8 Å². The predicted molar refractivity (Wildman–Crippen MR) is 105 cm³/mol. The normalized spacial score (nSPS) is 28.6. The van der Waals surface area contributed by atoms with Gasteiger partial charge >= 0.3 is 5.97 Å². The van der Waals surface area contributed by atoms with Crippen LogP contribution in [0.3, 0.4) is 0 Å². The fourth-order valence-corrected chi connectivity index (χ4v) is 4.37. The first kappa shape index (κ1) is 20.8. The van der Waals surface area contributed by atoms with Crippen LogP contribution in [-0.2, 0) is 9.53 Å². The Hall–Kier alpha value is -1.53. The highest BCUT2D eigenvalue weighted by molar-refractivity contribution is 5.69. The van der Waals surface area contributed by atoms with Gasteiger partial charge in [-0.3, -0.25) is 4.79 Å². The Morgan fingerprint density at radius 3 is 2.92 bits per heavy atom. The molecule has 0 aromatic rings. The van der Waals surface area contributed by atoms with Crippen molar-refractivity contribution in [1.82, 2.24) is 0 Å². The number of allylic oxidation sites excluding steroid dienone is 3. The molecule has 0 aromatic heterocycles. The zero-order valence-electron chi connectivity index (χ0n) is 16.5. The number of aliphatic hydroxyl groups excluding tert-OH is 1. The lowest BCUT2D eigenvalue weighted by molar-refractivity contribution is -0.140. The standard InChI is InChI=1S/C23H34O3/c1-4-5-8-17(2)22(24)14-13-19-11-12-20-15-18(16-21(19)20)9-6-7-10-23(25)26-3/h9,13-14,17,19-22,24H,6-8,10-12,15-16H2,1-3H3/b14-13+,18-9+/t17?,19-,20-,21-,22-/m1/s1. The van der Waals surface area contributed by atoms with Crippen molar-refractivity contribution in [2.75, 3.05) is 7.11 Å². The number of hydrogen-bond acceptors (Lipinski definition) is 3. The number of rotatable bonds is 8. The molecule has 2 rings (SSSR count). The average molecular weight is 359 g/mol. The molecule has 2 aliphatic rings. The van der Waals surface area contributed by atoms with E-state index in [0.717, 1.165) is 31.1 Å². The van der Waals surface area contributed by atoms with Crippen molar-refractivity contribution in [3.8, 4) is 11.8 Å². The Labute approximate surface area is 158 Å². The zero-order chi connectivity index (χ0) is 18.9. The summed E-state index contributed by atoms with van der Waals surface area (Å²) in [5.74, 6) is 8.15. The van der Waals surface area contributed by atoms with E-state index in [1.54, 1.807) is 5.57 Å². The SMILES string of the molecule is CC#CCC(C)[C@H](O)/C=C/[C@H]1CC[C@@H]2C/C(=C\CCCC(=O)OC)C[C@@H]21. The van der Waals surface area contributed by atoms with Crippen LogP contribution in [0.15, 0.2) is 23.8 Å². The summed E-state index contributed by atoms with van der Waals surface area (Å²) in [7, 11) is 1.45. The first-order valence-electron chi connectivity index (χ1n) is 10.1. The lowest BCUT2D eigenvalue weighted by Gasteiger charge is -2.17. The molecule has 0 radical (unpaired) electrons. The number of methoxy groups -OCH3 is 1. The monoisotopic (exact) mass is 358 g/mol. The number of hydrogen-bond donors (Lipinski definition) is 1. The number of esters is 1. The van der Waals surface area contributed by atoms with E-state index in [-0.39, 0.29) is 11.9 Å². The van der Waals surface area contributed by atoms with Gasteiger partial charge in [-0.1, -0.05) is 30.7 Å². The van der Waals surface area contributed by atoms with E-state index in [1.807, 2.05) is 13.0 Å². The molecular formula is C23H34O3. The van der Waals surface area contributed by atoms with Crippen LogP contribution in [0.5, 0.6) is 0 Å². The molecule has 26 heavy (non-hydrogen) atoms. The van der Waals surface area contributed by atoms with Crippen molar-refractivity contribution in [2.24, 2.45) is 23.7 Å². The molecule has 2 fully saturated rings. The highest BCUT2D eigenvalue weighted by Gasteiger charge is 2.39. The largest absolute Gasteiger partial charge is 0.469 e.